The summed E-state index contributed by atoms with van der Waals surface area (Å²) in [5.41, 5.74) is 3.02. The summed E-state index contributed by atoms with van der Waals surface area (Å²) in [5, 5.41) is 4.52. The monoisotopic (exact) mass is 239 g/mol. The molecule has 0 fully saturated rings. The van der Waals surface area contributed by atoms with E-state index in [9.17, 15) is 0 Å². The van der Waals surface area contributed by atoms with Gasteiger partial charge >= 0.3 is 0 Å². The standard InChI is InChI=1S/C10H13N3S2/c1-7-3-12-10(15-7)5-11-4-9-8(2)13-6-14-9/h3,6,11H,4-5H2,1-2H3. The van der Waals surface area contributed by atoms with Gasteiger partial charge in [0.2, 0.25) is 0 Å². The summed E-state index contributed by atoms with van der Waals surface area (Å²) >= 11 is 3.44. The summed E-state index contributed by atoms with van der Waals surface area (Å²) in [5.74, 6) is 0. The Kier molecular flexibility index (Phi) is 3.45. The van der Waals surface area contributed by atoms with Crippen molar-refractivity contribution in [2.24, 2.45) is 0 Å². The highest BCUT2D eigenvalue weighted by molar-refractivity contribution is 7.11. The van der Waals surface area contributed by atoms with E-state index in [2.05, 4.69) is 22.2 Å². The van der Waals surface area contributed by atoms with Crippen molar-refractivity contribution in [3.8, 4) is 0 Å². The van der Waals surface area contributed by atoms with Crippen molar-refractivity contribution in [3.63, 3.8) is 0 Å². The van der Waals surface area contributed by atoms with Gasteiger partial charge in [-0.1, -0.05) is 0 Å². The number of thiazole rings is 2. The maximum Gasteiger partial charge on any atom is 0.107 e. The van der Waals surface area contributed by atoms with Crippen molar-refractivity contribution in [1.82, 2.24) is 15.3 Å². The molecule has 0 spiro atoms. The van der Waals surface area contributed by atoms with E-state index in [1.165, 1.54) is 9.75 Å². The van der Waals surface area contributed by atoms with Gasteiger partial charge in [-0.15, -0.1) is 22.7 Å². The van der Waals surface area contributed by atoms with Gasteiger partial charge in [0.15, 0.2) is 0 Å². The maximum atomic E-state index is 4.30. The van der Waals surface area contributed by atoms with Gasteiger partial charge in [0.1, 0.15) is 5.01 Å². The molecule has 0 aliphatic heterocycles. The lowest BCUT2D eigenvalue weighted by molar-refractivity contribution is 0.693. The molecule has 15 heavy (non-hydrogen) atoms. The van der Waals surface area contributed by atoms with Crippen LogP contribution in [-0.2, 0) is 13.1 Å². The summed E-state index contributed by atoms with van der Waals surface area (Å²) in [6.45, 7) is 5.85. The molecule has 0 amide bonds. The lowest BCUT2D eigenvalue weighted by Crippen LogP contribution is -2.12. The smallest absolute Gasteiger partial charge is 0.107 e. The highest BCUT2D eigenvalue weighted by Gasteiger charge is 2.02. The van der Waals surface area contributed by atoms with Crippen LogP contribution in [-0.4, -0.2) is 9.97 Å². The minimum atomic E-state index is 0.843. The fraction of sp³-hybridized carbons (Fsp3) is 0.400. The Balaban J connectivity index is 1.83. The number of aryl methyl sites for hydroxylation is 2. The van der Waals surface area contributed by atoms with Crippen LogP contribution in [0.2, 0.25) is 0 Å². The largest absolute Gasteiger partial charge is 0.305 e. The van der Waals surface area contributed by atoms with Crippen LogP contribution in [0.4, 0.5) is 0 Å². The fourth-order valence-electron chi connectivity index (χ4n) is 1.26. The molecule has 0 atom stereocenters. The first-order valence-corrected chi connectivity index (χ1v) is 6.46. The molecule has 2 rings (SSSR count). The summed E-state index contributed by atoms with van der Waals surface area (Å²) in [7, 11) is 0. The Morgan fingerprint density at radius 1 is 1.27 bits per heavy atom. The highest BCUT2D eigenvalue weighted by atomic mass is 32.1. The molecule has 3 nitrogen and oxygen atoms in total. The van der Waals surface area contributed by atoms with Gasteiger partial charge in [0.05, 0.1) is 11.2 Å². The average Bonchev–Trinajstić information content (AvgIpc) is 2.77. The van der Waals surface area contributed by atoms with Crippen LogP contribution in [0.15, 0.2) is 11.7 Å². The number of nitrogens with zero attached hydrogens (tertiary/aromatic N) is 2. The van der Waals surface area contributed by atoms with Crippen LogP contribution in [0, 0.1) is 13.8 Å². The Bertz CT molecular complexity index is 433. The molecule has 0 saturated carbocycles. The zero-order valence-electron chi connectivity index (χ0n) is 8.78. The lowest BCUT2D eigenvalue weighted by atomic mass is 10.4. The molecule has 2 heterocycles. The van der Waals surface area contributed by atoms with Crippen LogP contribution in [0.5, 0.6) is 0 Å². The zero-order valence-corrected chi connectivity index (χ0v) is 10.4. The zero-order chi connectivity index (χ0) is 10.7. The fourth-order valence-corrected chi connectivity index (χ4v) is 2.77. The number of rotatable bonds is 4. The van der Waals surface area contributed by atoms with E-state index in [1.807, 2.05) is 18.6 Å². The minimum absolute atomic E-state index is 0.843. The Labute approximate surface area is 97.2 Å². The topological polar surface area (TPSA) is 37.8 Å². The molecule has 1 N–H and O–H groups in total. The molecule has 0 unspecified atom stereocenters. The average molecular weight is 239 g/mol. The predicted octanol–water partition coefficient (Wildman–Crippen LogP) is 2.51. The SMILES string of the molecule is Cc1cnc(CNCc2scnc2C)s1. The van der Waals surface area contributed by atoms with E-state index >= 15 is 0 Å². The van der Waals surface area contributed by atoms with Crippen molar-refractivity contribution >= 4 is 22.7 Å². The second-order valence-electron chi connectivity index (χ2n) is 3.33. The van der Waals surface area contributed by atoms with E-state index in [-0.39, 0.29) is 0 Å². The molecule has 0 aliphatic carbocycles. The third-order valence-corrected chi connectivity index (χ3v) is 3.92. The highest BCUT2D eigenvalue weighted by Crippen LogP contribution is 2.13. The van der Waals surface area contributed by atoms with Crippen LogP contribution < -0.4 is 5.32 Å². The Morgan fingerprint density at radius 2 is 2.13 bits per heavy atom. The predicted molar refractivity (Wildman–Crippen MR) is 64.2 cm³/mol. The van der Waals surface area contributed by atoms with Crippen molar-refractivity contribution in [2.45, 2.75) is 26.9 Å². The Hall–Kier alpha value is -0.780. The quantitative estimate of drug-likeness (QED) is 0.891. The molecule has 0 aliphatic rings. The summed E-state index contributed by atoms with van der Waals surface area (Å²) in [4.78, 5) is 11.1. The van der Waals surface area contributed by atoms with Gasteiger partial charge in [-0.25, -0.2) is 9.97 Å². The van der Waals surface area contributed by atoms with Gasteiger partial charge in [-0.3, -0.25) is 0 Å². The number of hydrogen-bond donors (Lipinski definition) is 1. The third kappa shape index (κ3) is 2.84. The van der Waals surface area contributed by atoms with Gasteiger partial charge in [-0.2, -0.15) is 0 Å². The number of hydrogen-bond acceptors (Lipinski definition) is 5. The van der Waals surface area contributed by atoms with Crippen LogP contribution in [0.3, 0.4) is 0 Å². The van der Waals surface area contributed by atoms with Gasteiger partial charge in [0, 0.05) is 29.0 Å². The molecule has 0 aromatic carbocycles. The van der Waals surface area contributed by atoms with Crippen molar-refractivity contribution in [3.05, 3.63) is 32.2 Å². The normalized spacial score (nSPS) is 10.8. The maximum absolute atomic E-state index is 4.30. The molecule has 2 aromatic rings. The third-order valence-electron chi connectivity index (χ3n) is 2.08. The van der Waals surface area contributed by atoms with E-state index < -0.39 is 0 Å². The first-order chi connectivity index (χ1) is 7.25. The number of nitrogens with one attached hydrogen (secondary N) is 1. The minimum Gasteiger partial charge on any atom is -0.305 e. The first kappa shape index (κ1) is 10.7. The molecule has 0 radical (unpaired) electrons. The van der Waals surface area contributed by atoms with Crippen LogP contribution >= 0.6 is 22.7 Å². The second-order valence-corrected chi connectivity index (χ2v) is 5.59. The lowest BCUT2D eigenvalue weighted by Gasteiger charge is -2.00. The summed E-state index contributed by atoms with van der Waals surface area (Å²) in [6, 6.07) is 0. The first-order valence-electron chi connectivity index (χ1n) is 4.76. The molecular formula is C10H13N3S2. The molecular weight excluding hydrogens is 226 g/mol. The van der Waals surface area contributed by atoms with E-state index in [0.717, 1.165) is 23.8 Å². The van der Waals surface area contributed by atoms with Crippen LogP contribution in [0.1, 0.15) is 20.5 Å². The van der Waals surface area contributed by atoms with Crippen molar-refractivity contribution in [2.75, 3.05) is 0 Å². The van der Waals surface area contributed by atoms with Crippen molar-refractivity contribution in [1.29, 1.82) is 0 Å². The van der Waals surface area contributed by atoms with Crippen LogP contribution in [0.25, 0.3) is 0 Å². The molecule has 5 heteroatoms. The molecule has 0 saturated heterocycles. The number of aromatic nitrogens is 2. The Morgan fingerprint density at radius 3 is 2.73 bits per heavy atom. The van der Waals surface area contributed by atoms with Gasteiger partial charge in [-0.05, 0) is 13.8 Å². The van der Waals surface area contributed by atoms with Gasteiger partial charge < -0.3 is 5.32 Å². The van der Waals surface area contributed by atoms with E-state index in [4.69, 9.17) is 0 Å². The van der Waals surface area contributed by atoms with Crippen molar-refractivity contribution < 1.29 is 0 Å². The van der Waals surface area contributed by atoms with Gasteiger partial charge in [0.25, 0.3) is 0 Å². The van der Waals surface area contributed by atoms with E-state index in [1.54, 1.807) is 22.7 Å². The summed E-state index contributed by atoms with van der Waals surface area (Å²) < 4.78 is 0. The molecule has 2 aromatic heterocycles. The second kappa shape index (κ2) is 4.83. The summed E-state index contributed by atoms with van der Waals surface area (Å²) in [6.07, 6.45) is 1.92. The molecule has 80 valence electrons. The molecule has 0 bridgehead atoms. The van der Waals surface area contributed by atoms with E-state index in [0.29, 0.717) is 0 Å².